The number of allylic oxidation sites excluding steroid dienone is 1. The third kappa shape index (κ3) is 4.74. The molecule has 0 atom stereocenters. The van der Waals surface area contributed by atoms with Crippen LogP contribution >= 0.6 is 0 Å². The zero-order valence-electron chi connectivity index (χ0n) is 15.7. The first-order valence-corrected chi connectivity index (χ1v) is 8.81. The second-order valence-electron chi connectivity index (χ2n) is 6.22. The Balaban J connectivity index is 1.75. The molecule has 0 radical (unpaired) electrons. The fraction of sp³-hybridized carbons (Fsp3) is 0.0833. The smallest absolute Gasteiger partial charge is 0.343 e. The van der Waals surface area contributed by atoms with E-state index in [4.69, 9.17) is 9.47 Å². The number of hydrogen-bond acceptors (Lipinski definition) is 4. The van der Waals surface area contributed by atoms with Crippen molar-refractivity contribution in [2.45, 2.75) is 6.92 Å². The van der Waals surface area contributed by atoms with Crippen LogP contribution in [0.25, 0.3) is 6.08 Å². The second-order valence-corrected chi connectivity index (χ2v) is 6.22. The van der Waals surface area contributed by atoms with Crippen LogP contribution in [0, 0.1) is 6.92 Å². The molecule has 0 N–H and O–H groups in total. The minimum absolute atomic E-state index is 0.115. The van der Waals surface area contributed by atoms with Crippen molar-refractivity contribution in [3.8, 4) is 11.5 Å². The van der Waals surface area contributed by atoms with Crippen molar-refractivity contribution in [2.75, 3.05) is 7.11 Å². The number of ketones is 1. The first kappa shape index (κ1) is 19.1. The lowest BCUT2D eigenvalue weighted by atomic mass is 10.1. The topological polar surface area (TPSA) is 52.6 Å². The Morgan fingerprint density at radius 3 is 2.14 bits per heavy atom. The van der Waals surface area contributed by atoms with Gasteiger partial charge in [0.1, 0.15) is 11.5 Å². The SMILES string of the molecule is COc1ccc(C(=O)Oc2ccccc2/C=C/C(=O)c2ccc(C)cc2)cc1. The van der Waals surface area contributed by atoms with E-state index >= 15 is 0 Å². The third-order valence-corrected chi connectivity index (χ3v) is 4.20. The number of hydrogen-bond donors (Lipinski definition) is 0. The normalized spacial score (nSPS) is 10.6. The molecule has 140 valence electrons. The Morgan fingerprint density at radius 1 is 0.821 bits per heavy atom. The van der Waals surface area contributed by atoms with Gasteiger partial charge in [-0.25, -0.2) is 4.79 Å². The van der Waals surface area contributed by atoms with Gasteiger partial charge in [-0.3, -0.25) is 4.79 Å². The van der Waals surface area contributed by atoms with Crippen molar-refractivity contribution in [2.24, 2.45) is 0 Å². The van der Waals surface area contributed by atoms with Gasteiger partial charge in [-0.2, -0.15) is 0 Å². The summed E-state index contributed by atoms with van der Waals surface area (Å²) in [6.07, 6.45) is 3.13. The number of carbonyl (C=O) groups excluding carboxylic acids is 2. The summed E-state index contributed by atoms with van der Waals surface area (Å²) in [4.78, 5) is 24.7. The first-order chi connectivity index (χ1) is 13.6. The van der Waals surface area contributed by atoms with Crippen molar-refractivity contribution in [1.29, 1.82) is 0 Å². The average molecular weight is 372 g/mol. The largest absolute Gasteiger partial charge is 0.497 e. The van der Waals surface area contributed by atoms with Gasteiger partial charge in [-0.05, 0) is 49.4 Å². The minimum atomic E-state index is -0.478. The van der Waals surface area contributed by atoms with E-state index in [-0.39, 0.29) is 5.78 Å². The van der Waals surface area contributed by atoms with Crippen LogP contribution in [0.4, 0.5) is 0 Å². The highest BCUT2D eigenvalue weighted by atomic mass is 16.5. The van der Waals surface area contributed by atoms with Crippen LogP contribution in [0.3, 0.4) is 0 Å². The highest BCUT2D eigenvalue weighted by molar-refractivity contribution is 6.07. The summed E-state index contributed by atoms with van der Waals surface area (Å²) in [5, 5.41) is 0. The number of methoxy groups -OCH3 is 1. The monoisotopic (exact) mass is 372 g/mol. The van der Waals surface area contributed by atoms with Crippen molar-refractivity contribution in [1.82, 2.24) is 0 Å². The molecule has 3 rings (SSSR count). The average Bonchev–Trinajstić information content (AvgIpc) is 2.73. The number of ether oxygens (including phenoxy) is 2. The van der Waals surface area contributed by atoms with Gasteiger partial charge in [0.15, 0.2) is 5.78 Å². The van der Waals surface area contributed by atoms with Crippen molar-refractivity contribution >= 4 is 17.8 Å². The maximum absolute atomic E-state index is 12.4. The van der Waals surface area contributed by atoms with E-state index in [1.54, 1.807) is 67.8 Å². The van der Waals surface area contributed by atoms with Crippen molar-refractivity contribution < 1.29 is 19.1 Å². The highest BCUT2D eigenvalue weighted by Gasteiger charge is 2.11. The number of carbonyl (C=O) groups is 2. The van der Waals surface area contributed by atoms with E-state index in [0.29, 0.717) is 28.2 Å². The summed E-state index contributed by atoms with van der Waals surface area (Å²) >= 11 is 0. The van der Waals surface area contributed by atoms with Gasteiger partial charge >= 0.3 is 5.97 Å². The van der Waals surface area contributed by atoms with Crippen LogP contribution in [0.15, 0.2) is 78.9 Å². The standard InChI is InChI=1S/C24H20O4/c1-17-7-9-18(10-8-17)22(25)16-13-19-5-3-4-6-23(19)28-24(26)20-11-14-21(27-2)15-12-20/h3-16H,1-2H3/b16-13+. The molecule has 28 heavy (non-hydrogen) atoms. The van der Waals surface area contributed by atoms with Crippen LogP contribution in [0.1, 0.15) is 31.8 Å². The van der Waals surface area contributed by atoms with Crippen LogP contribution in [-0.4, -0.2) is 18.9 Å². The van der Waals surface area contributed by atoms with E-state index in [1.165, 1.54) is 6.08 Å². The molecule has 0 heterocycles. The second kappa shape index (κ2) is 8.82. The number of rotatable bonds is 6. The molecule has 4 heteroatoms. The summed E-state index contributed by atoms with van der Waals surface area (Å²) < 4.78 is 10.6. The molecule has 0 fully saturated rings. The maximum Gasteiger partial charge on any atom is 0.343 e. The summed E-state index contributed by atoms with van der Waals surface area (Å²) in [5.41, 5.74) is 2.76. The quantitative estimate of drug-likeness (QED) is 0.261. The minimum Gasteiger partial charge on any atom is -0.497 e. The molecule has 0 amide bonds. The van der Waals surface area contributed by atoms with E-state index in [0.717, 1.165) is 5.56 Å². The predicted molar refractivity (Wildman–Crippen MR) is 109 cm³/mol. The van der Waals surface area contributed by atoms with Crippen LogP contribution in [0.2, 0.25) is 0 Å². The lowest BCUT2D eigenvalue weighted by molar-refractivity contribution is 0.0734. The molecule has 0 aliphatic carbocycles. The van der Waals surface area contributed by atoms with Gasteiger partial charge in [-0.15, -0.1) is 0 Å². The molecule has 0 spiro atoms. The zero-order chi connectivity index (χ0) is 19.9. The van der Waals surface area contributed by atoms with Gasteiger partial charge in [0.2, 0.25) is 0 Å². The zero-order valence-corrected chi connectivity index (χ0v) is 15.7. The summed E-state index contributed by atoms with van der Waals surface area (Å²) in [5.74, 6) is 0.454. The highest BCUT2D eigenvalue weighted by Crippen LogP contribution is 2.22. The molecule has 4 nitrogen and oxygen atoms in total. The van der Waals surface area contributed by atoms with Gasteiger partial charge in [-0.1, -0.05) is 48.0 Å². The summed E-state index contributed by atoms with van der Waals surface area (Å²) in [6, 6.07) is 21.1. The molecule has 0 aromatic heterocycles. The van der Waals surface area contributed by atoms with Crippen LogP contribution < -0.4 is 9.47 Å². The molecule has 3 aromatic carbocycles. The predicted octanol–water partition coefficient (Wildman–Crippen LogP) is 5.12. The van der Waals surface area contributed by atoms with Gasteiger partial charge in [0, 0.05) is 11.1 Å². The van der Waals surface area contributed by atoms with Gasteiger partial charge in [0.25, 0.3) is 0 Å². The molecule has 0 saturated heterocycles. The molecular formula is C24H20O4. The molecule has 0 unspecified atom stereocenters. The molecule has 0 saturated carbocycles. The fourth-order valence-corrected chi connectivity index (χ4v) is 2.58. The van der Waals surface area contributed by atoms with Crippen LogP contribution in [0.5, 0.6) is 11.5 Å². The Bertz CT molecular complexity index is 1000. The van der Waals surface area contributed by atoms with Gasteiger partial charge < -0.3 is 9.47 Å². The first-order valence-electron chi connectivity index (χ1n) is 8.81. The third-order valence-electron chi connectivity index (χ3n) is 4.20. The van der Waals surface area contributed by atoms with Crippen molar-refractivity contribution in [3.05, 3.63) is 101 Å². The molecular weight excluding hydrogens is 352 g/mol. The lowest BCUT2D eigenvalue weighted by Crippen LogP contribution is -2.09. The Labute approximate surface area is 164 Å². The van der Waals surface area contributed by atoms with E-state index in [2.05, 4.69) is 0 Å². The van der Waals surface area contributed by atoms with E-state index in [9.17, 15) is 9.59 Å². The summed E-state index contributed by atoms with van der Waals surface area (Å²) in [7, 11) is 1.56. The number of para-hydroxylation sites is 1. The number of aryl methyl sites for hydroxylation is 1. The fourth-order valence-electron chi connectivity index (χ4n) is 2.58. The number of benzene rings is 3. The molecule has 3 aromatic rings. The molecule has 0 aliphatic heterocycles. The lowest BCUT2D eigenvalue weighted by Gasteiger charge is -2.08. The molecule has 0 bridgehead atoms. The van der Waals surface area contributed by atoms with E-state index in [1.807, 2.05) is 25.1 Å². The maximum atomic E-state index is 12.4. The Hall–Kier alpha value is -3.66. The van der Waals surface area contributed by atoms with E-state index < -0.39 is 5.97 Å². The Morgan fingerprint density at radius 2 is 1.46 bits per heavy atom. The summed E-state index contributed by atoms with van der Waals surface area (Å²) in [6.45, 7) is 1.97. The number of esters is 1. The molecule has 0 aliphatic rings. The Kier molecular flexibility index (Phi) is 6.02. The van der Waals surface area contributed by atoms with Gasteiger partial charge in [0.05, 0.1) is 12.7 Å². The van der Waals surface area contributed by atoms with Crippen LogP contribution in [-0.2, 0) is 0 Å². The van der Waals surface area contributed by atoms with Crippen molar-refractivity contribution in [3.63, 3.8) is 0 Å².